The minimum atomic E-state index is -2.79. The van der Waals surface area contributed by atoms with Gasteiger partial charge in [0.25, 0.3) is 5.92 Å². The third-order valence-electron chi connectivity index (χ3n) is 4.46. The van der Waals surface area contributed by atoms with Crippen LogP contribution in [0.15, 0.2) is 30.3 Å². The van der Waals surface area contributed by atoms with Gasteiger partial charge in [0.1, 0.15) is 0 Å². The molecule has 2 atom stereocenters. The first-order valence-electron chi connectivity index (χ1n) is 7.67. The van der Waals surface area contributed by atoms with E-state index < -0.39 is 5.92 Å². The minimum Gasteiger partial charge on any atom is -0.308 e. The molecule has 0 bridgehead atoms. The molecular weight excluding hydrogens is 256 g/mol. The molecule has 0 heterocycles. The molecule has 1 fully saturated rings. The normalized spacial score (nSPS) is 24.1. The summed E-state index contributed by atoms with van der Waals surface area (Å²) in [4.78, 5) is 0. The molecule has 2 rings (SSSR count). The van der Waals surface area contributed by atoms with Gasteiger partial charge in [-0.25, -0.2) is 0 Å². The maximum Gasteiger partial charge on any atom is 0.285 e. The highest BCUT2D eigenvalue weighted by atomic mass is 19.3. The van der Waals surface area contributed by atoms with Crippen molar-refractivity contribution in [3.63, 3.8) is 0 Å². The number of hydrogen-bond acceptors (Lipinski definition) is 1. The summed E-state index contributed by atoms with van der Waals surface area (Å²) in [6, 6.07) is 8.34. The Bertz CT molecular complexity index is 403. The van der Waals surface area contributed by atoms with Crippen LogP contribution in [0.25, 0.3) is 0 Å². The van der Waals surface area contributed by atoms with Gasteiger partial charge in [-0.05, 0) is 24.7 Å². The predicted octanol–water partition coefficient (Wildman–Crippen LogP) is 4.58. The molecule has 1 aromatic rings. The molecule has 0 aliphatic heterocycles. The lowest BCUT2D eigenvalue weighted by Crippen LogP contribution is -2.45. The Morgan fingerprint density at radius 3 is 2.45 bits per heavy atom. The average Bonchev–Trinajstić information content (AvgIpc) is 2.46. The van der Waals surface area contributed by atoms with Crippen LogP contribution in [0.3, 0.4) is 0 Å². The van der Waals surface area contributed by atoms with Gasteiger partial charge in [-0.1, -0.05) is 57.0 Å². The summed E-state index contributed by atoms with van der Waals surface area (Å²) < 4.78 is 28.4. The molecule has 1 nitrogen and oxygen atoms in total. The molecule has 0 radical (unpaired) electrons. The molecule has 1 aliphatic carbocycles. The molecule has 0 saturated heterocycles. The van der Waals surface area contributed by atoms with Gasteiger partial charge in [0.15, 0.2) is 0 Å². The second-order valence-electron chi connectivity index (χ2n) is 6.25. The third kappa shape index (κ3) is 3.78. The molecule has 0 spiro atoms. The van der Waals surface area contributed by atoms with E-state index in [1.54, 1.807) is 18.2 Å². The van der Waals surface area contributed by atoms with Gasteiger partial charge >= 0.3 is 0 Å². The molecule has 1 aliphatic rings. The highest BCUT2D eigenvalue weighted by molar-refractivity contribution is 5.20. The number of alkyl halides is 2. The van der Waals surface area contributed by atoms with Crippen molar-refractivity contribution in [1.82, 2.24) is 5.32 Å². The zero-order valence-corrected chi connectivity index (χ0v) is 12.4. The second kappa shape index (κ2) is 6.66. The molecule has 20 heavy (non-hydrogen) atoms. The summed E-state index contributed by atoms with van der Waals surface area (Å²) in [7, 11) is 0. The molecule has 0 amide bonds. The van der Waals surface area contributed by atoms with E-state index in [1.807, 2.05) is 0 Å². The van der Waals surface area contributed by atoms with Crippen LogP contribution in [0.5, 0.6) is 0 Å². The Morgan fingerprint density at radius 2 is 1.80 bits per heavy atom. The number of nitrogens with one attached hydrogen (secondary N) is 1. The van der Waals surface area contributed by atoms with Crippen molar-refractivity contribution < 1.29 is 8.78 Å². The Labute approximate surface area is 120 Å². The maximum absolute atomic E-state index is 14.2. The van der Waals surface area contributed by atoms with E-state index in [0.29, 0.717) is 11.8 Å². The lowest BCUT2D eigenvalue weighted by Gasteiger charge is -2.36. The first-order valence-corrected chi connectivity index (χ1v) is 7.67. The van der Waals surface area contributed by atoms with Crippen LogP contribution in [-0.4, -0.2) is 12.6 Å². The Morgan fingerprint density at radius 1 is 1.15 bits per heavy atom. The van der Waals surface area contributed by atoms with Crippen LogP contribution < -0.4 is 5.32 Å². The lowest BCUT2D eigenvalue weighted by atomic mass is 9.78. The highest BCUT2D eigenvalue weighted by Crippen LogP contribution is 2.32. The fraction of sp³-hybridized carbons (Fsp3) is 0.647. The summed E-state index contributed by atoms with van der Waals surface area (Å²) >= 11 is 0. The highest BCUT2D eigenvalue weighted by Gasteiger charge is 2.34. The van der Waals surface area contributed by atoms with Gasteiger partial charge in [0, 0.05) is 11.6 Å². The van der Waals surface area contributed by atoms with Crippen molar-refractivity contribution in [2.75, 3.05) is 6.54 Å². The topological polar surface area (TPSA) is 12.0 Å². The average molecular weight is 281 g/mol. The molecule has 1 saturated carbocycles. The molecule has 1 N–H and O–H groups in total. The van der Waals surface area contributed by atoms with Crippen LogP contribution in [0.4, 0.5) is 8.78 Å². The van der Waals surface area contributed by atoms with Gasteiger partial charge in [0.2, 0.25) is 0 Å². The van der Waals surface area contributed by atoms with Crippen LogP contribution in [0.2, 0.25) is 0 Å². The first-order chi connectivity index (χ1) is 9.50. The van der Waals surface area contributed by atoms with Crippen molar-refractivity contribution in [2.45, 2.75) is 51.5 Å². The third-order valence-corrected chi connectivity index (χ3v) is 4.46. The lowest BCUT2D eigenvalue weighted by molar-refractivity contribution is -0.0102. The molecular formula is C17H25F2N. The van der Waals surface area contributed by atoms with Gasteiger partial charge < -0.3 is 5.32 Å². The van der Waals surface area contributed by atoms with E-state index in [-0.39, 0.29) is 18.2 Å². The zero-order valence-electron chi connectivity index (χ0n) is 12.4. The van der Waals surface area contributed by atoms with E-state index >= 15 is 0 Å². The van der Waals surface area contributed by atoms with Crippen LogP contribution in [0.1, 0.15) is 45.1 Å². The quantitative estimate of drug-likeness (QED) is 0.833. The molecule has 112 valence electrons. The predicted molar refractivity (Wildman–Crippen MR) is 78.9 cm³/mol. The smallest absolute Gasteiger partial charge is 0.285 e. The summed E-state index contributed by atoms with van der Waals surface area (Å²) in [5.74, 6) is -1.71. The van der Waals surface area contributed by atoms with Crippen molar-refractivity contribution in [2.24, 2.45) is 11.8 Å². The summed E-state index contributed by atoms with van der Waals surface area (Å²) in [6.07, 6.45) is 4.56. The number of benzene rings is 1. The Hall–Kier alpha value is -0.960. The minimum absolute atomic E-state index is 0.101. The van der Waals surface area contributed by atoms with Gasteiger partial charge in [-0.15, -0.1) is 0 Å². The Kier molecular flexibility index (Phi) is 5.14. The fourth-order valence-corrected chi connectivity index (χ4v) is 3.25. The van der Waals surface area contributed by atoms with E-state index in [9.17, 15) is 8.78 Å². The Balaban J connectivity index is 1.96. The van der Waals surface area contributed by atoms with Crippen molar-refractivity contribution in [3.8, 4) is 0 Å². The summed E-state index contributed by atoms with van der Waals surface area (Å²) in [6.45, 7) is 4.13. The maximum atomic E-state index is 14.2. The SMILES string of the molecule is CC(C)C1CCCCC1NCC(F)(F)c1ccccc1. The van der Waals surface area contributed by atoms with Crippen molar-refractivity contribution in [1.29, 1.82) is 0 Å². The zero-order chi connectivity index (χ0) is 14.6. The summed E-state index contributed by atoms with van der Waals surface area (Å²) in [5, 5.41) is 3.14. The van der Waals surface area contributed by atoms with Crippen molar-refractivity contribution in [3.05, 3.63) is 35.9 Å². The van der Waals surface area contributed by atoms with Crippen molar-refractivity contribution >= 4 is 0 Å². The molecule has 1 aromatic carbocycles. The van der Waals surface area contributed by atoms with Crippen LogP contribution in [0, 0.1) is 11.8 Å². The van der Waals surface area contributed by atoms with E-state index in [1.165, 1.54) is 18.6 Å². The van der Waals surface area contributed by atoms with E-state index in [0.717, 1.165) is 19.3 Å². The van der Waals surface area contributed by atoms with Gasteiger partial charge in [0.05, 0.1) is 6.54 Å². The van der Waals surface area contributed by atoms with Crippen LogP contribution in [-0.2, 0) is 5.92 Å². The van der Waals surface area contributed by atoms with Gasteiger partial charge in [-0.2, -0.15) is 8.78 Å². The number of rotatable bonds is 5. The first kappa shape index (κ1) is 15.4. The monoisotopic (exact) mass is 281 g/mol. The molecule has 3 heteroatoms. The standard InChI is InChI=1S/C17H25F2N/c1-13(2)15-10-6-7-11-16(15)20-12-17(18,19)14-8-4-3-5-9-14/h3-5,8-9,13,15-16,20H,6-7,10-12H2,1-2H3. The molecule has 0 aromatic heterocycles. The van der Waals surface area contributed by atoms with E-state index in [2.05, 4.69) is 19.2 Å². The fourth-order valence-electron chi connectivity index (χ4n) is 3.25. The molecule has 2 unspecified atom stereocenters. The largest absolute Gasteiger partial charge is 0.308 e. The van der Waals surface area contributed by atoms with E-state index in [4.69, 9.17) is 0 Å². The number of halogens is 2. The summed E-state index contributed by atoms with van der Waals surface area (Å²) in [5.41, 5.74) is 0.101. The number of hydrogen-bond donors (Lipinski definition) is 1. The van der Waals surface area contributed by atoms with Gasteiger partial charge in [-0.3, -0.25) is 0 Å². The van der Waals surface area contributed by atoms with Crippen LogP contribution >= 0.6 is 0 Å². The second-order valence-corrected chi connectivity index (χ2v) is 6.25.